The first-order valence-corrected chi connectivity index (χ1v) is 7.61. The molecule has 2 N–H and O–H groups in total. The Morgan fingerprint density at radius 2 is 1.63 bits per heavy atom. The largest absolute Gasteiger partial charge is 0.481 e. The maximum Gasteiger partial charge on any atom is 0.303 e. The summed E-state index contributed by atoms with van der Waals surface area (Å²) in [4.78, 5) is 22.0. The van der Waals surface area contributed by atoms with Gasteiger partial charge in [-0.2, -0.15) is 0 Å². The van der Waals surface area contributed by atoms with Gasteiger partial charge in [-0.1, -0.05) is 19.3 Å². The van der Waals surface area contributed by atoms with E-state index in [2.05, 4.69) is 5.32 Å². The average Bonchev–Trinajstić information content (AvgIpc) is 2.40. The van der Waals surface area contributed by atoms with E-state index in [9.17, 15) is 9.59 Å². The van der Waals surface area contributed by atoms with E-state index in [0.717, 1.165) is 12.8 Å². The van der Waals surface area contributed by atoms with Crippen LogP contribution in [0.1, 0.15) is 70.6 Å². The van der Waals surface area contributed by atoms with Gasteiger partial charge in [0.1, 0.15) is 0 Å². The predicted molar refractivity (Wildman–Crippen MR) is 72.8 cm³/mol. The number of aliphatic carboxylic acids is 1. The molecule has 2 aliphatic rings. The number of carboxylic acid groups (broad SMARTS) is 1. The standard InChI is InChI=1S/C15H25NO3/c17-13(4-5-14(18)19)16-12-6-10-15(11-7-12)8-2-1-3-9-15/h12H,1-11H2,(H,16,17)(H,18,19). The lowest BCUT2D eigenvalue weighted by Gasteiger charge is -2.43. The van der Waals surface area contributed by atoms with E-state index in [-0.39, 0.29) is 24.8 Å². The van der Waals surface area contributed by atoms with Gasteiger partial charge in [0.05, 0.1) is 6.42 Å². The topological polar surface area (TPSA) is 66.4 Å². The Kier molecular flexibility index (Phi) is 4.83. The van der Waals surface area contributed by atoms with Crippen LogP contribution in [0, 0.1) is 5.41 Å². The highest BCUT2D eigenvalue weighted by molar-refractivity contribution is 5.80. The lowest BCUT2D eigenvalue weighted by atomic mass is 9.64. The Morgan fingerprint density at radius 3 is 2.21 bits per heavy atom. The molecule has 0 saturated heterocycles. The van der Waals surface area contributed by atoms with Crippen molar-refractivity contribution < 1.29 is 14.7 Å². The molecule has 1 spiro atoms. The van der Waals surface area contributed by atoms with Crippen LogP contribution in [0.5, 0.6) is 0 Å². The van der Waals surface area contributed by atoms with E-state index in [1.807, 2.05) is 0 Å². The van der Waals surface area contributed by atoms with E-state index in [0.29, 0.717) is 5.41 Å². The van der Waals surface area contributed by atoms with Crippen molar-refractivity contribution in [1.82, 2.24) is 5.32 Å². The molecule has 0 aliphatic heterocycles. The molecule has 4 nitrogen and oxygen atoms in total. The lowest BCUT2D eigenvalue weighted by molar-refractivity contribution is -0.139. The zero-order valence-electron chi connectivity index (χ0n) is 11.6. The van der Waals surface area contributed by atoms with Crippen molar-refractivity contribution >= 4 is 11.9 Å². The van der Waals surface area contributed by atoms with Crippen LogP contribution in [0.15, 0.2) is 0 Å². The molecule has 0 aromatic carbocycles. The summed E-state index contributed by atoms with van der Waals surface area (Å²) < 4.78 is 0. The second-order valence-electron chi connectivity index (χ2n) is 6.30. The fourth-order valence-corrected chi connectivity index (χ4v) is 3.70. The quantitative estimate of drug-likeness (QED) is 0.823. The monoisotopic (exact) mass is 267 g/mol. The summed E-state index contributed by atoms with van der Waals surface area (Å²) in [6.07, 6.45) is 11.5. The molecule has 4 heteroatoms. The van der Waals surface area contributed by atoms with Gasteiger partial charge < -0.3 is 10.4 Å². The van der Waals surface area contributed by atoms with Crippen LogP contribution in [-0.2, 0) is 9.59 Å². The fourth-order valence-electron chi connectivity index (χ4n) is 3.70. The Labute approximate surface area is 115 Å². The maximum atomic E-state index is 11.6. The molecule has 0 unspecified atom stereocenters. The van der Waals surface area contributed by atoms with Crippen molar-refractivity contribution in [3.05, 3.63) is 0 Å². The number of hydrogen-bond donors (Lipinski definition) is 2. The molecule has 2 saturated carbocycles. The molecule has 2 fully saturated rings. The van der Waals surface area contributed by atoms with Crippen LogP contribution in [0.25, 0.3) is 0 Å². The lowest BCUT2D eigenvalue weighted by Crippen LogP contribution is -2.41. The van der Waals surface area contributed by atoms with Crippen LogP contribution in [0.4, 0.5) is 0 Å². The molecule has 1 amide bonds. The first-order chi connectivity index (χ1) is 9.10. The summed E-state index contributed by atoms with van der Waals surface area (Å²) in [6, 6.07) is 0.272. The molecule has 0 radical (unpaired) electrons. The van der Waals surface area contributed by atoms with Crippen molar-refractivity contribution in [2.45, 2.75) is 76.7 Å². The van der Waals surface area contributed by atoms with Crippen molar-refractivity contribution in [3.63, 3.8) is 0 Å². The molecule has 2 rings (SSSR count). The zero-order valence-corrected chi connectivity index (χ0v) is 11.6. The van der Waals surface area contributed by atoms with Gasteiger partial charge in [-0.05, 0) is 43.9 Å². The minimum absolute atomic E-state index is 0.0670. The third kappa shape index (κ3) is 4.22. The molecule has 0 bridgehead atoms. The molecular weight excluding hydrogens is 242 g/mol. The van der Waals surface area contributed by atoms with E-state index < -0.39 is 5.97 Å². The summed E-state index contributed by atoms with van der Waals surface area (Å²) in [5.74, 6) is -1.01. The third-order valence-corrected chi connectivity index (χ3v) is 4.89. The highest BCUT2D eigenvalue weighted by Gasteiger charge is 2.36. The molecule has 0 aromatic rings. The number of amides is 1. The van der Waals surface area contributed by atoms with E-state index in [1.165, 1.54) is 44.9 Å². The van der Waals surface area contributed by atoms with E-state index in [4.69, 9.17) is 5.11 Å². The average molecular weight is 267 g/mol. The smallest absolute Gasteiger partial charge is 0.303 e. The number of carbonyl (C=O) groups is 2. The minimum Gasteiger partial charge on any atom is -0.481 e. The third-order valence-electron chi connectivity index (χ3n) is 4.89. The number of carboxylic acids is 1. The van der Waals surface area contributed by atoms with Crippen molar-refractivity contribution in [2.24, 2.45) is 5.41 Å². The van der Waals surface area contributed by atoms with Crippen molar-refractivity contribution in [1.29, 1.82) is 0 Å². The van der Waals surface area contributed by atoms with Gasteiger partial charge in [0.2, 0.25) is 5.91 Å². The number of hydrogen-bond acceptors (Lipinski definition) is 2. The summed E-state index contributed by atoms with van der Waals surface area (Å²) in [7, 11) is 0. The summed E-state index contributed by atoms with van der Waals surface area (Å²) in [5, 5.41) is 11.5. The summed E-state index contributed by atoms with van der Waals surface area (Å²) >= 11 is 0. The summed E-state index contributed by atoms with van der Waals surface area (Å²) in [5.41, 5.74) is 0.570. The van der Waals surface area contributed by atoms with Gasteiger partial charge in [-0.3, -0.25) is 9.59 Å². The second kappa shape index (κ2) is 6.40. The SMILES string of the molecule is O=C(O)CCC(=O)NC1CCC2(CCCCC2)CC1. The van der Waals surface area contributed by atoms with E-state index in [1.54, 1.807) is 0 Å². The highest BCUT2D eigenvalue weighted by atomic mass is 16.4. The first-order valence-electron chi connectivity index (χ1n) is 7.61. The summed E-state index contributed by atoms with van der Waals surface area (Å²) in [6.45, 7) is 0. The maximum absolute atomic E-state index is 11.6. The van der Waals surface area contributed by atoms with Gasteiger partial charge >= 0.3 is 5.97 Å². The van der Waals surface area contributed by atoms with Gasteiger partial charge in [0, 0.05) is 12.5 Å². The van der Waals surface area contributed by atoms with Gasteiger partial charge in [0.15, 0.2) is 0 Å². The van der Waals surface area contributed by atoms with Crippen molar-refractivity contribution in [2.75, 3.05) is 0 Å². The molecule has 2 aliphatic carbocycles. The highest BCUT2D eigenvalue weighted by Crippen LogP contribution is 2.47. The Balaban J connectivity index is 1.71. The molecule has 0 aromatic heterocycles. The number of carbonyl (C=O) groups excluding carboxylic acids is 1. The minimum atomic E-state index is -0.903. The van der Waals surface area contributed by atoms with Crippen LogP contribution < -0.4 is 5.32 Å². The number of nitrogens with one attached hydrogen (secondary N) is 1. The number of rotatable bonds is 4. The van der Waals surface area contributed by atoms with Gasteiger partial charge in [-0.15, -0.1) is 0 Å². The second-order valence-corrected chi connectivity index (χ2v) is 6.30. The van der Waals surface area contributed by atoms with E-state index >= 15 is 0 Å². The Bertz CT molecular complexity index is 324. The van der Waals surface area contributed by atoms with Gasteiger partial charge in [0.25, 0.3) is 0 Å². The molecule has 0 heterocycles. The van der Waals surface area contributed by atoms with Crippen LogP contribution in [0.3, 0.4) is 0 Å². The molecular formula is C15H25NO3. The first kappa shape index (κ1) is 14.4. The zero-order chi connectivity index (χ0) is 13.7. The van der Waals surface area contributed by atoms with Crippen molar-refractivity contribution in [3.8, 4) is 0 Å². The van der Waals surface area contributed by atoms with Crippen LogP contribution in [0.2, 0.25) is 0 Å². The van der Waals surface area contributed by atoms with Crippen LogP contribution in [-0.4, -0.2) is 23.0 Å². The molecule has 19 heavy (non-hydrogen) atoms. The predicted octanol–water partition coefficient (Wildman–Crippen LogP) is 2.86. The fraction of sp³-hybridized carbons (Fsp3) is 0.867. The van der Waals surface area contributed by atoms with Crippen LogP contribution >= 0.6 is 0 Å². The van der Waals surface area contributed by atoms with Gasteiger partial charge in [-0.25, -0.2) is 0 Å². The Morgan fingerprint density at radius 1 is 1.00 bits per heavy atom. The molecule has 108 valence electrons. The molecule has 0 atom stereocenters. The normalized spacial score (nSPS) is 23.2. The Hall–Kier alpha value is -1.06.